The highest BCUT2D eigenvalue weighted by Crippen LogP contribution is 2.34. The van der Waals surface area contributed by atoms with Crippen LogP contribution < -0.4 is 0 Å². The number of para-hydroxylation sites is 2. The number of phenols is 2. The molecule has 0 aromatic heterocycles. The topological polar surface area (TPSA) is 80.9 Å². The number of hydrogen-bond donors (Lipinski definition) is 4. The minimum Gasteiger partial charge on any atom is -0.507 e. The maximum Gasteiger partial charge on any atom is 0.186 e. The lowest BCUT2D eigenvalue weighted by molar-refractivity contribution is -0.114. The molecule has 4 heteroatoms. The van der Waals surface area contributed by atoms with Crippen molar-refractivity contribution in [1.82, 2.24) is 0 Å². The molecular weight excluding hydrogens is 352 g/mol. The number of allylic oxidation sites excluding steroid dienone is 2. The molecule has 1 aliphatic carbocycles. The Morgan fingerprint density at radius 1 is 0.643 bits per heavy atom. The maximum absolute atomic E-state index is 9.58. The average molecular weight is 374 g/mol. The summed E-state index contributed by atoms with van der Waals surface area (Å²) < 4.78 is 0. The lowest BCUT2D eigenvalue weighted by Gasteiger charge is -2.19. The average Bonchev–Trinajstić information content (AvgIpc) is 2.70. The predicted molar refractivity (Wildman–Crippen MR) is 111 cm³/mol. The van der Waals surface area contributed by atoms with Crippen molar-refractivity contribution in [1.29, 1.82) is 0 Å². The Hall–Kier alpha value is -3.34. The molecule has 0 heterocycles. The van der Waals surface area contributed by atoms with E-state index in [9.17, 15) is 20.4 Å². The summed E-state index contributed by atoms with van der Waals surface area (Å²) in [5.74, 6) is -1.32. The first-order chi connectivity index (χ1) is 13.5. The highest BCUT2D eigenvalue weighted by Gasteiger charge is 2.20. The summed E-state index contributed by atoms with van der Waals surface area (Å²) in [7, 11) is 0. The van der Waals surface area contributed by atoms with E-state index in [0.29, 0.717) is 11.1 Å². The van der Waals surface area contributed by atoms with E-state index in [2.05, 4.69) is 0 Å². The second kappa shape index (κ2) is 8.57. The van der Waals surface area contributed by atoms with Gasteiger partial charge in [-0.1, -0.05) is 78.9 Å². The first kappa shape index (κ1) is 19.4. The molecule has 0 saturated heterocycles. The summed E-state index contributed by atoms with van der Waals surface area (Å²) in [6.07, 6.45) is 5.22. The van der Waals surface area contributed by atoms with E-state index >= 15 is 0 Å². The highest BCUT2D eigenvalue weighted by atomic mass is 16.5. The van der Waals surface area contributed by atoms with Crippen LogP contribution in [0.2, 0.25) is 0 Å². The largest absolute Gasteiger partial charge is 0.507 e. The molecule has 0 radical (unpaired) electrons. The number of aliphatic hydroxyl groups is 2. The Labute approximate surface area is 164 Å². The third kappa shape index (κ3) is 4.88. The van der Waals surface area contributed by atoms with E-state index in [1.165, 1.54) is 6.08 Å². The molecule has 3 aromatic carbocycles. The first-order valence-electron chi connectivity index (χ1n) is 8.92. The molecule has 3 aromatic rings. The highest BCUT2D eigenvalue weighted by molar-refractivity contribution is 5.75. The number of benzene rings is 3. The molecule has 142 valence electrons. The summed E-state index contributed by atoms with van der Waals surface area (Å²) in [6.45, 7) is 0. The smallest absolute Gasteiger partial charge is 0.186 e. The fourth-order valence-electron chi connectivity index (χ4n) is 2.87. The van der Waals surface area contributed by atoms with Crippen molar-refractivity contribution >= 4 is 5.57 Å². The van der Waals surface area contributed by atoms with Crippen LogP contribution in [0.5, 0.6) is 11.5 Å². The molecule has 0 fully saturated rings. The van der Waals surface area contributed by atoms with Gasteiger partial charge in [0.05, 0.1) is 0 Å². The van der Waals surface area contributed by atoms with Gasteiger partial charge in [0.1, 0.15) is 11.5 Å². The van der Waals surface area contributed by atoms with Gasteiger partial charge in [-0.15, -0.1) is 0 Å². The predicted octanol–water partition coefficient (Wildman–Crippen LogP) is 4.48. The molecule has 0 bridgehead atoms. The van der Waals surface area contributed by atoms with Gasteiger partial charge in [0.15, 0.2) is 5.79 Å². The number of rotatable bonds is 2. The Bertz CT molecular complexity index is 945. The van der Waals surface area contributed by atoms with Crippen molar-refractivity contribution in [3.05, 3.63) is 103 Å². The van der Waals surface area contributed by atoms with Gasteiger partial charge in [-0.25, -0.2) is 0 Å². The standard InChI is InChI=1S/C12H10O2.C12H12O2/c13-11-7-3-1-5-9(11)10-6-2-4-8-12(10)14;13-12(14)8-6-11(7-9-12)10-4-2-1-3-5-10/h1-8,13-14H;1-8,13-14H,9H2. The van der Waals surface area contributed by atoms with Crippen molar-refractivity contribution in [3.8, 4) is 22.6 Å². The zero-order valence-corrected chi connectivity index (χ0v) is 15.2. The first-order valence-corrected chi connectivity index (χ1v) is 8.92. The minimum atomic E-state index is -1.67. The van der Waals surface area contributed by atoms with Crippen LogP contribution >= 0.6 is 0 Å². The monoisotopic (exact) mass is 374 g/mol. The second-order valence-corrected chi connectivity index (χ2v) is 6.48. The molecule has 28 heavy (non-hydrogen) atoms. The van der Waals surface area contributed by atoms with Crippen LogP contribution in [0.15, 0.2) is 97.1 Å². The summed E-state index contributed by atoms with van der Waals surface area (Å²) in [5, 5.41) is 37.7. The van der Waals surface area contributed by atoms with E-state index in [-0.39, 0.29) is 17.9 Å². The molecule has 4 nitrogen and oxygen atoms in total. The summed E-state index contributed by atoms with van der Waals surface area (Å²) in [5.41, 5.74) is 3.42. The van der Waals surface area contributed by atoms with Crippen LogP contribution in [-0.4, -0.2) is 26.2 Å². The molecule has 0 atom stereocenters. The van der Waals surface area contributed by atoms with Gasteiger partial charge in [0, 0.05) is 17.5 Å². The summed E-state index contributed by atoms with van der Waals surface area (Å²) >= 11 is 0. The van der Waals surface area contributed by atoms with E-state index < -0.39 is 5.79 Å². The third-order valence-corrected chi connectivity index (χ3v) is 4.36. The molecule has 0 saturated carbocycles. The second-order valence-electron chi connectivity index (χ2n) is 6.48. The van der Waals surface area contributed by atoms with Crippen LogP contribution in [0, 0.1) is 0 Å². The maximum atomic E-state index is 9.58. The van der Waals surface area contributed by atoms with Gasteiger partial charge in [0.2, 0.25) is 0 Å². The Morgan fingerprint density at radius 3 is 1.61 bits per heavy atom. The minimum absolute atomic E-state index is 0.175. The van der Waals surface area contributed by atoms with Crippen molar-refractivity contribution in [3.63, 3.8) is 0 Å². The Morgan fingerprint density at radius 2 is 1.14 bits per heavy atom. The fraction of sp³-hybridized carbons (Fsp3) is 0.0833. The van der Waals surface area contributed by atoms with E-state index in [1.807, 2.05) is 48.5 Å². The number of hydrogen-bond acceptors (Lipinski definition) is 4. The molecule has 0 amide bonds. The van der Waals surface area contributed by atoms with E-state index in [1.54, 1.807) is 42.5 Å². The van der Waals surface area contributed by atoms with Gasteiger partial charge >= 0.3 is 0 Å². The summed E-state index contributed by atoms with van der Waals surface area (Å²) in [4.78, 5) is 0. The van der Waals surface area contributed by atoms with Crippen molar-refractivity contribution in [2.24, 2.45) is 0 Å². The van der Waals surface area contributed by atoms with Crippen molar-refractivity contribution in [2.45, 2.75) is 12.2 Å². The van der Waals surface area contributed by atoms with E-state index in [0.717, 1.165) is 11.1 Å². The zero-order chi connectivity index (χ0) is 20.0. The molecule has 4 rings (SSSR count). The molecular formula is C24H22O4. The van der Waals surface area contributed by atoms with Gasteiger partial charge in [-0.3, -0.25) is 0 Å². The molecule has 0 unspecified atom stereocenters. The molecule has 1 aliphatic rings. The SMILES string of the molecule is OC1(O)C=CC(c2ccccc2)=CC1.Oc1ccccc1-c1ccccc1O. The van der Waals surface area contributed by atoms with Gasteiger partial charge in [-0.05, 0) is 29.3 Å². The Kier molecular flexibility index (Phi) is 5.94. The lowest BCUT2D eigenvalue weighted by atomic mass is 9.97. The van der Waals surface area contributed by atoms with Gasteiger partial charge in [0.25, 0.3) is 0 Å². The third-order valence-electron chi connectivity index (χ3n) is 4.36. The molecule has 0 spiro atoms. The van der Waals surface area contributed by atoms with Crippen molar-refractivity contribution < 1.29 is 20.4 Å². The van der Waals surface area contributed by atoms with Gasteiger partial charge < -0.3 is 20.4 Å². The van der Waals surface area contributed by atoms with Crippen LogP contribution in [-0.2, 0) is 0 Å². The zero-order valence-electron chi connectivity index (χ0n) is 15.2. The van der Waals surface area contributed by atoms with Crippen LogP contribution in [0.4, 0.5) is 0 Å². The number of phenolic OH excluding ortho intramolecular Hbond substituents is 2. The lowest BCUT2D eigenvalue weighted by Crippen LogP contribution is -2.25. The molecule has 0 aliphatic heterocycles. The molecule has 4 N–H and O–H groups in total. The van der Waals surface area contributed by atoms with Crippen LogP contribution in [0.25, 0.3) is 16.7 Å². The van der Waals surface area contributed by atoms with Crippen LogP contribution in [0.1, 0.15) is 12.0 Å². The fourth-order valence-corrected chi connectivity index (χ4v) is 2.87. The summed E-state index contributed by atoms with van der Waals surface area (Å²) in [6, 6.07) is 23.8. The quantitative estimate of drug-likeness (QED) is 0.499. The van der Waals surface area contributed by atoms with E-state index in [4.69, 9.17) is 0 Å². The van der Waals surface area contributed by atoms with Gasteiger partial charge in [-0.2, -0.15) is 0 Å². The number of aromatic hydroxyl groups is 2. The Balaban J connectivity index is 0.000000161. The normalized spacial score (nSPS) is 14.6. The van der Waals surface area contributed by atoms with Crippen molar-refractivity contribution in [2.75, 3.05) is 0 Å². The van der Waals surface area contributed by atoms with Crippen LogP contribution in [0.3, 0.4) is 0 Å².